The average Bonchev–Trinajstić information content (AvgIpc) is 2.92. The summed E-state index contributed by atoms with van der Waals surface area (Å²) in [6.45, 7) is -0.284. The van der Waals surface area contributed by atoms with Crippen molar-refractivity contribution in [2.75, 3.05) is 6.61 Å². The highest BCUT2D eigenvalue weighted by molar-refractivity contribution is 14.1. The van der Waals surface area contributed by atoms with E-state index in [9.17, 15) is 14.0 Å². The molecule has 0 saturated heterocycles. The maximum atomic E-state index is 14.7. The van der Waals surface area contributed by atoms with Crippen LogP contribution in [-0.4, -0.2) is 35.4 Å². The second-order valence-electron chi connectivity index (χ2n) is 9.40. The van der Waals surface area contributed by atoms with Crippen molar-refractivity contribution < 1.29 is 18.7 Å². The summed E-state index contributed by atoms with van der Waals surface area (Å²) in [6.07, 6.45) is 5.52. The van der Waals surface area contributed by atoms with Crippen molar-refractivity contribution in [2.24, 2.45) is 0 Å². The third-order valence-corrected chi connectivity index (χ3v) is 7.42. The molecule has 1 aliphatic rings. The van der Waals surface area contributed by atoms with E-state index in [0.29, 0.717) is 17.7 Å². The van der Waals surface area contributed by atoms with Crippen molar-refractivity contribution in [3.63, 3.8) is 0 Å². The molecule has 3 aromatic carbocycles. The quantitative estimate of drug-likeness (QED) is 0.290. The number of benzene rings is 3. The zero-order chi connectivity index (χ0) is 26.0. The summed E-state index contributed by atoms with van der Waals surface area (Å²) in [5.41, 5.74) is 1.28. The van der Waals surface area contributed by atoms with Crippen LogP contribution in [-0.2, 0) is 22.6 Å². The highest BCUT2D eigenvalue weighted by Gasteiger charge is 2.32. The monoisotopic (exact) mass is 614 g/mol. The third-order valence-electron chi connectivity index (χ3n) is 6.70. The van der Waals surface area contributed by atoms with Crippen LogP contribution in [0.5, 0.6) is 5.75 Å². The second-order valence-corrected chi connectivity index (χ2v) is 10.7. The number of nitrogens with zero attached hydrogens (tertiary/aromatic N) is 1. The van der Waals surface area contributed by atoms with E-state index in [2.05, 4.69) is 27.9 Å². The van der Waals surface area contributed by atoms with Gasteiger partial charge in [-0.2, -0.15) is 0 Å². The van der Waals surface area contributed by atoms with Crippen LogP contribution in [0.1, 0.15) is 43.2 Å². The maximum absolute atomic E-state index is 14.7. The molecule has 1 fully saturated rings. The smallest absolute Gasteiger partial charge is 0.261 e. The minimum absolute atomic E-state index is 0.0306. The fraction of sp³-hybridized carbons (Fsp3) is 0.333. The van der Waals surface area contributed by atoms with E-state index in [0.717, 1.165) is 34.8 Å². The minimum atomic E-state index is -0.809. The van der Waals surface area contributed by atoms with Crippen molar-refractivity contribution in [2.45, 2.75) is 57.2 Å². The lowest BCUT2D eigenvalue weighted by atomic mass is 9.94. The van der Waals surface area contributed by atoms with Gasteiger partial charge in [0.1, 0.15) is 17.6 Å². The largest absolute Gasteiger partial charge is 0.484 e. The van der Waals surface area contributed by atoms with E-state index in [4.69, 9.17) is 4.74 Å². The predicted molar refractivity (Wildman–Crippen MR) is 151 cm³/mol. The Morgan fingerprint density at radius 2 is 1.62 bits per heavy atom. The number of rotatable bonds is 10. The lowest BCUT2D eigenvalue weighted by Gasteiger charge is -2.33. The maximum Gasteiger partial charge on any atom is 0.261 e. The fourth-order valence-electron chi connectivity index (χ4n) is 4.67. The normalized spacial score (nSPS) is 14.5. The molecule has 0 unspecified atom stereocenters. The summed E-state index contributed by atoms with van der Waals surface area (Å²) < 4.78 is 21.5. The van der Waals surface area contributed by atoms with Crippen LogP contribution in [0.3, 0.4) is 0 Å². The topological polar surface area (TPSA) is 58.6 Å². The number of halogens is 2. The summed E-state index contributed by atoms with van der Waals surface area (Å²) in [4.78, 5) is 28.8. The molecule has 0 spiro atoms. The standard InChI is InChI=1S/C30H32FIN2O3/c31-27-14-8-7-11-23(27)20-34(29(35)21-37-26-17-15-24(32)16-18-26)28(19-22-9-3-1-4-10-22)30(36)33-25-12-5-2-6-13-25/h1,3-4,7-11,14-18,25,28H,2,5-6,12-13,19-21H2,(H,33,36)/t28-/m1/s1. The molecule has 1 atom stereocenters. The number of amides is 2. The summed E-state index contributed by atoms with van der Waals surface area (Å²) in [5.74, 6) is -0.438. The molecule has 0 heterocycles. The van der Waals surface area contributed by atoms with Crippen molar-refractivity contribution >= 4 is 34.4 Å². The van der Waals surface area contributed by atoms with Gasteiger partial charge in [-0.1, -0.05) is 67.8 Å². The van der Waals surface area contributed by atoms with E-state index >= 15 is 0 Å². The molecule has 4 rings (SSSR count). The molecule has 7 heteroatoms. The molecule has 0 bridgehead atoms. The molecule has 0 aromatic heterocycles. The van der Waals surface area contributed by atoms with Gasteiger partial charge in [-0.25, -0.2) is 4.39 Å². The van der Waals surface area contributed by atoms with E-state index in [1.165, 1.54) is 17.4 Å². The van der Waals surface area contributed by atoms with E-state index in [1.807, 2.05) is 42.5 Å². The number of nitrogens with one attached hydrogen (secondary N) is 1. The van der Waals surface area contributed by atoms with Crippen LogP contribution in [0.4, 0.5) is 4.39 Å². The van der Waals surface area contributed by atoms with Crippen LogP contribution in [0.2, 0.25) is 0 Å². The summed E-state index contributed by atoms with van der Waals surface area (Å²) in [5, 5.41) is 3.19. The molecular weight excluding hydrogens is 582 g/mol. The van der Waals surface area contributed by atoms with Gasteiger partial charge >= 0.3 is 0 Å². The van der Waals surface area contributed by atoms with Crippen LogP contribution < -0.4 is 10.1 Å². The van der Waals surface area contributed by atoms with E-state index in [1.54, 1.807) is 30.3 Å². The highest BCUT2D eigenvalue weighted by atomic mass is 127. The van der Waals surface area contributed by atoms with Crippen molar-refractivity contribution in [1.82, 2.24) is 10.2 Å². The Balaban J connectivity index is 1.61. The molecule has 1 aliphatic carbocycles. The Kier molecular flexibility index (Phi) is 9.93. The van der Waals surface area contributed by atoms with Crippen molar-refractivity contribution in [3.05, 3.63) is 99.4 Å². The zero-order valence-corrected chi connectivity index (χ0v) is 22.9. The molecule has 37 heavy (non-hydrogen) atoms. The van der Waals surface area contributed by atoms with Crippen LogP contribution in [0, 0.1) is 9.39 Å². The van der Waals surface area contributed by atoms with Gasteiger partial charge < -0.3 is 15.0 Å². The SMILES string of the molecule is O=C(NC1CCCCC1)[C@@H](Cc1ccccc1)N(Cc1ccccc1F)C(=O)COc1ccc(I)cc1. The summed E-state index contributed by atoms with van der Waals surface area (Å²) >= 11 is 2.20. The highest BCUT2D eigenvalue weighted by Crippen LogP contribution is 2.21. The molecule has 194 valence electrons. The Morgan fingerprint density at radius 1 is 0.946 bits per heavy atom. The molecule has 0 radical (unpaired) electrons. The number of ether oxygens (including phenoxy) is 1. The molecular formula is C30H32FIN2O3. The lowest BCUT2D eigenvalue weighted by molar-refractivity contribution is -0.143. The summed E-state index contributed by atoms with van der Waals surface area (Å²) in [6, 6.07) is 22.7. The molecule has 1 N–H and O–H groups in total. The van der Waals surface area contributed by atoms with Crippen LogP contribution >= 0.6 is 22.6 Å². The average molecular weight is 614 g/mol. The molecule has 2 amide bonds. The molecule has 0 aliphatic heterocycles. The molecule has 1 saturated carbocycles. The molecule has 3 aromatic rings. The number of carbonyl (C=O) groups excluding carboxylic acids is 2. The van der Waals surface area contributed by atoms with Gasteiger partial charge in [0.05, 0.1) is 0 Å². The van der Waals surface area contributed by atoms with Crippen LogP contribution in [0.15, 0.2) is 78.9 Å². The van der Waals surface area contributed by atoms with Gasteiger partial charge in [0.2, 0.25) is 5.91 Å². The van der Waals surface area contributed by atoms with Crippen molar-refractivity contribution in [3.8, 4) is 5.75 Å². The number of hydrogen-bond acceptors (Lipinski definition) is 3. The third kappa shape index (κ3) is 8.02. The van der Waals surface area contributed by atoms with Gasteiger partial charge in [0, 0.05) is 28.1 Å². The first-order valence-electron chi connectivity index (χ1n) is 12.7. The Hall–Kier alpha value is -2.94. The van der Waals surface area contributed by atoms with Gasteiger partial charge in [-0.05, 0) is 71.3 Å². The van der Waals surface area contributed by atoms with Gasteiger partial charge in [0.15, 0.2) is 6.61 Å². The first-order valence-corrected chi connectivity index (χ1v) is 13.8. The zero-order valence-electron chi connectivity index (χ0n) is 20.7. The predicted octanol–water partition coefficient (Wildman–Crippen LogP) is 5.90. The lowest BCUT2D eigenvalue weighted by Crippen LogP contribution is -2.53. The van der Waals surface area contributed by atoms with Gasteiger partial charge in [0.25, 0.3) is 5.91 Å². The number of carbonyl (C=O) groups is 2. The molecule has 5 nitrogen and oxygen atoms in total. The first kappa shape index (κ1) is 27.1. The van der Waals surface area contributed by atoms with Crippen molar-refractivity contribution in [1.29, 1.82) is 0 Å². The minimum Gasteiger partial charge on any atom is -0.484 e. The van der Waals surface area contributed by atoms with E-state index < -0.39 is 11.9 Å². The Bertz CT molecular complexity index is 1170. The Morgan fingerprint density at radius 3 is 2.32 bits per heavy atom. The fourth-order valence-corrected chi connectivity index (χ4v) is 5.03. The number of hydrogen-bond donors (Lipinski definition) is 1. The second kappa shape index (κ2) is 13.6. The Labute approximate surface area is 231 Å². The first-order chi connectivity index (χ1) is 18.0. The summed E-state index contributed by atoms with van der Waals surface area (Å²) in [7, 11) is 0. The van der Waals surface area contributed by atoms with Gasteiger partial charge in [-0.3, -0.25) is 9.59 Å². The van der Waals surface area contributed by atoms with Gasteiger partial charge in [-0.15, -0.1) is 0 Å². The van der Waals surface area contributed by atoms with Crippen LogP contribution in [0.25, 0.3) is 0 Å². The van der Waals surface area contributed by atoms with E-state index in [-0.39, 0.29) is 31.0 Å².